The summed E-state index contributed by atoms with van der Waals surface area (Å²) in [4.78, 5) is 0. The van der Waals surface area contributed by atoms with E-state index in [4.69, 9.17) is 10.9 Å². The maximum atomic E-state index is 9.45. The highest BCUT2D eigenvalue weighted by atomic mass is 16.4. The quantitative estimate of drug-likeness (QED) is 0.181. The molecule has 0 saturated heterocycles. The molecule has 1 aliphatic rings. The second kappa shape index (κ2) is 8.47. The molecule has 5 heteroatoms. The van der Waals surface area contributed by atoms with Crippen LogP contribution in [-0.4, -0.2) is 35.3 Å². The van der Waals surface area contributed by atoms with Gasteiger partial charge in [-0.2, -0.15) is 0 Å². The normalized spacial score (nSPS) is 24.9. The van der Waals surface area contributed by atoms with Crippen LogP contribution in [0.4, 0.5) is 0 Å². The van der Waals surface area contributed by atoms with E-state index in [0.29, 0.717) is 5.84 Å². The molecule has 0 aromatic heterocycles. The van der Waals surface area contributed by atoms with E-state index in [1.54, 1.807) is 0 Å². The predicted octanol–water partition coefficient (Wildman–Crippen LogP) is 2.07. The Labute approximate surface area is 122 Å². The van der Waals surface area contributed by atoms with E-state index in [2.05, 4.69) is 10.5 Å². The molecule has 0 aromatic carbocycles. The van der Waals surface area contributed by atoms with Crippen LogP contribution >= 0.6 is 0 Å². The first-order valence-electron chi connectivity index (χ1n) is 7.82. The molecule has 0 amide bonds. The number of nitrogens with one attached hydrogen (secondary N) is 1. The van der Waals surface area contributed by atoms with E-state index < -0.39 is 0 Å². The van der Waals surface area contributed by atoms with E-state index in [0.717, 1.165) is 64.0 Å². The molecule has 1 saturated carbocycles. The van der Waals surface area contributed by atoms with Crippen molar-refractivity contribution in [3.8, 4) is 0 Å². The Morgan fingerprint density at radius 2 is 1.90 bits per heavy atom. The molecule has 20 heavy (non-hydrogen) atoms. The van der Waals surface area contributed by atoms with Gasteiger partial charge in [-0.05, 0) is 57.5 Å². The molecule has 5 N–H and O–H groups in total. The third-order valence-corrected chi connectivity index (χ3v) is 4.46. The van der Waals surface area contributed by atoms with Crippen molar-refractivity contribution in [2.24, 2.45) is 22.2 Å². The van der Waals surface area contributed by atoms with Crippen LogP contribution in [0.3, 0.4) is 0 Å². The van der Waals surface area contributed by atoms with Gasteiger partial charge in [-0.1, -0.05) is 25.4 Å². The van der Waals surface area contributed by atoms with Gasteiger partial charge in [0.1, 0.15) is 5.84 Å². The summed E-state index contributed by atoms with van der Waals surface area (Å²) in [7, 11) is 0. The third kappa shape index (κ3) is 6.09. The Bertz CT molecular complexity index is 297. The first kappa shape index (κ1) is 17.2. The topological polar surface area (TPSA) is 90.9 Å². The average molecular weight is 285 g/mol. The fourth-order valence-corrected chi connectivity index (χ4v) is 2.74. The van der Waals surface area contributed by atoms with Crippen LogP contribution < -0.4 is 11.1 Å². The van der Waals surface area contributed by atoms with E-state index >= 15 is 0 Å². The zero-order valence-corrected chi connectivity index (χ0v) is 12.9. The lowest BCUT2D eigenvalue weighted by molar-refractivity contribution is 0.108. The Balaban J connectivity index is 2.02. The van der Waals surface area contributed by atoms with Crippen molar-refractivity contribution in [3.05, 3.63) is 0 Å². The lowest BCUT2D eigenvalue weighted by atomic mass is 9.86. The van der Waals surface area contributed by atoms with Crippen molar-refractivity contribution in [3.63, 3.8) is 0 Å². The van der Waals surface area contributed by atoms with Crippen molar-refractivity contribution >= 4 is 5.84 Å². The Hall–Kier alpha value is -0.810. The minimum Gasteiger partial charge on any atom is -0.409 e. The largest absolute Gasteiger partial charge is 0.409 e. The zero-order chi connectivity index (χ0) is 15.0. The van der Waals surface area contributed by atoms with Gasteiger partial charge in [-0.15, -0.1) is 0 Å². The molecule has 0 atom stereocenters. The maximum absolute atomic E-state index is 9.45. The lowest BCUT2D eigenvalue weighted by Gasteiger charge is -2.25. The van der Waals surface area contributed by atoms with Gasteiger partial charge < -0.3 is 21.4 Å². The fraction of sp³-hybridized carbons (Fsp3) is 0.933. The molecule has 1 aliphatic carbocycles. The molecule has 5 nitrogen and oxygen atoms in total. The van der Waals surface area contributed by atoms with Gasteiger partial charge >= 0.3 is 0 Å². The first-order chi connectivity index (χ1) is 9.45. The minimum absolute atomic E-state index is 0.0628. The number of hydrogen-bond donors (Lipinski definition) is 4. The van der Waals surface area contributed by atoms with Crippen LogP contribution in [-0.2, 0) is 0 Å². The molecule has 1 rings (SSSR count). The summed E-state index contributed by atoms with van der Waals surface area (Å²) >= 11 is 0. The van der Waals surface area contributed by atoms with Gasteiger partial charge in [-0.3, -0.25) is 0 Å². The molecule has 118 valence electrons. The number of oxime groups is 1. The molecule has 0 unspecified atom stereocenters. The smallest absolute Gasteiger partial charge is 0.144 e. The summed E-state index contributed by atoms with van der Waals surface area (Å²) in [6, 6.07) is 0. The summed E-state index contributed by atoms with van der Waals surface area (Å²) in [6.07, 6.45) is 7.25. The van der Waals surface area contributed by atoms with Gasteiger partial charge in [0, 0.05) is 5.41 Å². The molecule has 0 heterocycles. The van der Waals surface area contributed by atoms with Crippen molar-refractivity contribution in [2.45, 2.75) is 64.9 Å². The number of aliphatic hydroxyl groups is 1. The van der Waals surface area contributed by atoms with Gasteiger partial charge in [0.15, 0.2) is 0 Å². The number of unbranched alkanes of at least 4 members (excludes halogenated alkanes) is 1. The number of rotatable bonds is 8. The first-order valence-corrected chi connectivity index (χ1v) is 7.82. The highest BCUT2D eigenvalue weighted by molar-refractivity contribution is 5.85. The van der Waals surface area contributed by atoms with Crippen molar-refractivity contribution < 1.29 is 10.3 Å². The standard InChI is InChI=1S/C15H31N3O2/c1-15(2,14(16)18-20)9-3-4-10-17-11-12-5-7-13(19)8-6-12/h12-13,17,19-20H,3-11H2,1-2H3,(H2,16,18). The second-order valence-electron chi connectivity index (χ2n) is 6.70. The fourth-order valence-electron chi connectivity index (χ4n) is 2.74. The Morgan fingerprint density at radius 1 is 1.25 bits per heavy atom. The maximum Gasteiger partial charge on any atom is 0.144 e. The highest BCUT2D eigenvalue weighted by Crippen LogP contribution is 2.24. The zero-order valence-electron chi connectivity index (χ0n) is 12.9. The summed E-state index contributed by atoms with van der Waals surface area (Å²) < 4.78 is 0. The van der Waals surface area contributed by atoms with Crippen LogP contribution in [0.2, 0.25) is 0 Å². The summed E-state index contributed by atoms with van der Waals surface area (Å²) in [5.41, 5.74) is 5.44. The Kier molecular flexibility index (Phi) is 7.30. The van der Waals surface area contributed by atoms with Crippen molar-refractivity contribution in [2.75, 3.05) is 13.1 Å². The van der Waals surface area contributed by atoms with E-state index in [1.807, 2.05) is 13.8 Å². The summed E-state index contributed by atoms with van der Waals surface area (Å²) in [5, 5.41) is 24.8. The van der Waals surface area contributed by atoms with Crippen LogP contribution in [0, 0.1) is 11.3 Å². The molecule has 0 aliphatic heterocycles. The number of hydrogen-bond acceptors (Lipinski definition) is 4. The van der Waals surface area contributed by atoms with Crippen molar-refractivity contribution in [1.29, 1.82) is 0 Å². The van der Waals surface area contributed by atoms with E-state index in [9.17, 15) is 5.11 Å². The number of nitrogens with zero attached hydrogens (tertiary/aromatic N) is 1. The number of amidine groups is 1. The van der Waals surface area contributed by atoms with Crippen molar-refractivity contribution in [1.82, 2.24) is 5.32 Å². The van der Waals surface area contributed by atoms with Crippen LogP contribution in [0.5, 0.6) is 0 Å². The van der Waals surface area contributed by atoms with E-state index in [-0.39, 0.29) is 11.5 Å². The lowest BCUT2D eigenvalue weighted by Crippen LogP contribution is -2.32. The monoisotopic (exact) mass is 285 g/mol. The van der Waals surface area contributed by atoms with Gasteiger partial charge in [0.25, 0.3) is 0 Å². The summed E-state index contributed by atoms with van der Waals surface area (Å²) in [6.45, 7) is 6.09. The van der Waals surface area contributed by atoms with Gasteiger partial charge in [0.2, 0.25) is 0 Å². The highest BCUT2D eigenvalue weighted by Gasteiger charge is 2.22. The average Bonchev–Trinajstić information content (AvgIpc) is 2.43. The number of nitrogens with two attached hydrogens (primary N) is 1. The molecular formula is C15H31N3O2. The van der Waals surface area contributed by atoms with E-state index in [1.165, 1.54) is 0 Å². The van der Waals surface area contributed by atoms with Gasteiger partial charge in [-0.25, -0.2) is 0 Å². The van der Waals surface area contributed by atoms with Gasteiger partial charge in [0.05, 0.1) is 6.10 Å². The van der Waals surface area contributed by atoms with Crippen LogP contribution in [0.1, 0.15) is 58.8 Å². The second-order valence-corrected chi connectivity index (χ2v) is 6.70. The summed E-state index contributed by atoms with van der Waals surface area (Å²) in [5.74, 6) is 1.04. The minimum atomic E-state index is -0.228. The third-order valence-electron chi connectivity index (χ3n) is 4.46. The SMILES string of the molecule is CC(C)(CCCCNCC1CCC(O)CC1)C(N)=NO. The molecule has 0 radical (unpaired) electrons. The van der Waals surface area contributed by atoms with Crippen LogP contribution in [0.25, 0.3) is 0 Å². The van der Waals surface area contributed by atoms with Crippen LogP contribution in [0.15, 0.2) is 5.16 Å². The predicted molar refractivity (Wildman–Crippen MR) is 81.9 cm³/mol. The molecule has 0 spiro atoms. The molecule has 0 aromatic rings. The molecule has 0 bridgehead atoms. The number of aliphatic hydroxyl groups excluding tert-OH is 1. The Morgan fingerprint density at radius 3 is 2.50 bits per heavy atom. The molecule has 1 fully saturated rings. The molecular weight excluding hydrogens is 254 g/mol.